The third kappa shape index (κ3) is 2.03. The molecule has 1 unspecified atom stereocenters. The van der Waals surface area contributed by atoms with Crippen molar-refractivity contribution in [3.63, 3.8) is 0 Å². The van der Waals surface area contributed by atoms with Crippen molar-refractivity contribution in [2.45, 2.75) is 13.0 Å². The molecule has 0 aliphatic carbocycles. The van der Waals surface area contributed by atoms with Crippen LogP contribution in [0.2, 0.25) is 0 Å². The molecule has 0 fully saturated rings. The summed E-state index contributed by atoms with van der Waals surface area (Å²) in [6, 6.07) is 2.00. The highest BCUT2D eigenvalue weighted by molar-refractivity contribution is 5.33. The second-order valence-electron chi connectivity index (χ2n) is 3.71. The van der Waals surface area contributed by atoms with Gasteiger partial charge in [-0.1, -0.05) is 6.07 Å². The summed E-state index contributed by atoms with van der Waals surface area (Å²) < 4.78 is 27.7. The predicted octanol–water partition coefficient (Wildman–Crippen LogP) is 1.70. The molecule has 1 aromatic heterocycles. The van der Waals surface area contributed by atoms with Crippen molar-refractivity contribution in [2.75, 3.05) is 7.05 Å². The van der Waals surface area contributed by atoms with Crippen LogP contribution in [-0.4, -0.2) is 22.5 Å². The van der Waals surface area contributed by atoms with Crippen LogP contribution in [0, 0.1) is 18.6 Å². The molecule has 0 radical (unpaired) electrons. The average molecular weight is 238 g/mol. The van der Waals surface area contributed by atoms with E-state index in [2.05, 4.69) is 20.7 Å². The highest BCUT2D eigenvalue weighted by atomic mass is 19.1. The van der Waals surface area contributed by atoms with Crippen LogP contribution < -0.4 is 5.32 Å². The van der Waals surface area contributed by atoms with Gasteiger partial charge in [0, 0.05) is 5.56 Å². The van der Waals surface area contributed by atoms with E-state index >= 15 is 0 Å². The predicted molar refractivity (Wildman–Crippen MR) is 58.4 cm³/mol. The van der Waals surface area contributed by atoms with Crippen molar-refractivity contribution in [1.82, 2.24) is 20.7 Å². The number of halogens is 2. The highest BCUT2D eigenvalue weighted by Crippen LogP contribution is 2.26. The fourth-order valence-electron chi connectivity index (χ4n) is 1.73. The van der Waals surface area contributed by atoms with Gasteiger partial charge in [0.1, 0.15) is 17.3 Å². The molecule has 0 bridgehead atoms. The normalized spacial score (nSPS) is 12.7. The average Bonchev–Trinajstić information content (AvgIpc) is 2.83. The van der Waals surface area contributed by atoms with Crippen molar-refractivity contribution in [3.8, 4) is 0 Å². The van der Waals surface area contributed by atoms with Gasteiger partial charge in [-0.15, -0.1) is 0 Å². The first-order valence-electron chi connectivity index (χ1n) is 5.12. The van der Waals surface area contributed by atoms with Gasteiger partial charge in [0.05, 0.1) is 12.2 Å². The van der Waals surface area contributed by atoms with E-state index in [0.717, 1.165) is 0 Å². The number of hydrogen-bond donors (Lipinski definition) is 2. The first-order valence-corrected chi connectivity index (χ1v) is 5.12. The summed E-state index contributed by atoms with van der Waals surface area (Å²) in [4.78, 5) is 0. The number of nitrogens with one attached hydrogen (secondary N) is 2. The molecule has 0 spiro atoms. The number of hydrogen-bond acceptors (Lipinski definition) is 3. The van der Waals surface area contributed by atoms with Gasteiger partial charge in [-0.25, -0.2) is 8.78 Å². The molecular formula is C11H12F2N4. The van der Waals surface area contributed by atoms with Gasteiger partial charge in [-0.3, -0.25) is 0 Å². The summed E-state index contributed by atoms with van der Waals surface area (Å²) in [7, 11) is 1.61. The third-order valence-corrected chi connectivity index (χ3v) is 2.63. The van der Waals surface area contributed by atoms with Gasteiger partial charge < -0.3 is 5.32 Å². The topological polar surface area (TPSA) is 53.6 Å². The number of aromatic amines is 1. The summed E-state index contributed by atoms with van der Waals surface area (Å²) in [5, 5.41) is 12.7. The Labute approximate surface area is 97.0 Å². The SMILES string of the molecule is CNC(c1cn[nH]n1)c1c(F)ccc(C)c1F. The van der Waals surface area contributed by atoms with Crippen LogP contribution in [0.4, 0.5) is 8.78 Å². The Kier molecular flexibility index (Phi) is 3.14. The van der Waals surface area contributed by atoms with Gasteiger partial charge >= 0.3 is 0 Å². The maximum atomic E-state index is 14.0. The molecule has 17 heavy (non-hydrogen) atoms. The lowest BCUT2D eigenvalue weighted by atomic mass is 10.0. The van der Waals surface area contributed by atoms with Gasteiger partial charge in [-0.05, 0) is 25.6 Å². The molecular weight excluding hydrogens is 226 g/mol. The number of nitrogens with zero attached hydrogens (tertiary/aromatic N) is 2. The lowest BCUT2D eigenvalue weighted by Gasteiger charge is -2.16. The molecule has 0 aliphatic rings. The van der Waals surface area contributed by atoms with Crippen molar-refractivity contribution < 1.29 is 8.78 Å². The Morgan fingerprint density at radius 3 is 2.71 bits per heavy atom. The quantitative estimate of drug-likeness (QED) is 0.855. The number of rotatable bonds is 3. The molecule has 90 valence electrons. The lowest BCUT2D eigenvalue weighted by molar-refractivity contribution is 0.513. The molecule has 0 amide bonds. The van der Waals surface area contributed by atoms with Crippen LogP contribution in [0.3, 0.4) is 0 Å². The molecule has 2 aromatic rings. The molecule has 1 atom stereocenters. The van der Waals surface area contributed by atoms with Crippen LogP contribution in [0.1, 0.15) is 22.9 Å². The zero-order chi connectivity index (χ0) is 12.4. The van der Waals surface area contributed by atoms with Crippen molar-refractivity contribution in [2.24, 2.45) is 0 Å². The molecule has 2 N–H and O–H groups in total. The zero-order valence-electron chi connectivity index (χ0n) is 9.46. The minimum absolute atomic E-state index is 0.0404. The Morgan fingerprint density at radius 2 is 2.12 bits per heavy atom. The van der Waals surface area contributed by atoms with Gasteiger partial charge in [0.2, 0.25) is 0 Å². The second-order valence-corrected chi connectivity index (χ2v) is 3.71. The van der Waals surface area contributed by atoms with E-state index in [0.29, 0.717) is 11.3 Å². The molecule has 2 rings (SSSR count). The zero-order valence-corrected chi connectivity index (χ0v) is 9.46. The van der Waals surface area contributed by atoms with Crippen LogP contribution >= 0.6 is 0 Å². The molecule has 0 aliphatic heterocycles. The minimum Gasteiger partial charge on any atom is -0.308 e. The summed E-state index contributed by atoms with van der Waals surface area (Å²) in [6.45, 7) is 1.59. The van der Waals surface area contributed by atoms with Crippen molar-refractivity contribution in [1.29, 1.82) is 0 Å². The van der Waals surface area contributed by atoms with E-state index in [1.807, 2.05) is 0 Å². The minimum atomic E-state index is -0.659. The fourth-order valence-corrected chi connectivity index (χ4v) is 1.73. The molecule has 0 saturated carbocycles. The second kappa shape index (κ2) is 4.58. The van der Waals surface area contributed by atoms with E-state index in [1.54, 1.807) is 14.0 Å². The Balaban J connectivity index is 2.55. The fraction of sp³-hybridized carbons (Fsp3) is 0.273. The first-order chi connectivity index (χ1) is 8.15. The summed E-state index contributed by atoms with van der Waals surface area (Å²) >= 11 is 0. The standard InChI is InChI=1S/C11H12F2N4/c1-6-3-4-7(12)9(10(6)13)11(14-2)8-5-15-17-16-8/h3-5,11,14H,1-2H3,(H,15,16,17). The van der Waals surface area contributed by atoms with E-state index in [4.69, 9.17) is 0 Å². The van der Waals surface area contributed by atoms with Gasteiger partial charge in [0.15, 0.2) is 0 Å². The van der Waals surface area contributed by atoms with Crippen molar-refractivity contribution >= 4 is 0 Å². The van der Waals surface area contributed by atoms with E-state index in [9.17, 15) is 8.78 Å². The van der Waals surface area contributed by atoms with Gasteiger partial charge in [-0.2, -0.15) is 15.4 Å². The molecule has 4 nitrogen and oxygen atoms in total. The maximum Gasteiger partial charge on any atom is 0.134 e. The smallest absolute Gasteiger partial charge is 0.134 e. The first kappa shape index (κ1) is 11.7. The number of aryl methyl sites for hydroxylation is 1. The Hall–Kier alpha value is -1.82. The molecule has 6 heteroatoms. The molecule has 0 saturated heterocycles. The van der Waals surface area contributed by atoms with Crippen LogP contribution in [0.15, 0.2) is 18.3 Å². The largest absolute Gasteiger partial charge is 0.308 e. The maximum absolute atomic E-state index is 14.0. The Bertz CT molecular complexity index is 510. The van der Waals surface area contributed by atoms with E-state index < -0.39 is 17.7 Å². The summed E-state index contributed by atoms with van der Waals surface area (Å²) in [5.41, 5.74) is 0.794. The summed E-state index contributed by atoms with van der Waals surface area (Å²) in [5.74, 6) is -1.16. The third-order valence-electron chi connectivity index (χ3n) is 2.63. The van der Waals surface area contributed by atoms with Crippen LogP contribution in [0.5, 0.6) is 0 Å². The van der Waals surface area contributed by atoms with Crippen molar-refractivity contribution in [3.05, 3.63) is 46.8 Å². The number of aromatic nitrogens is 3. The highest BCUT2D eigenvalue weighted by Gasteiger charge is 2.23. The van der Waals surface area contributed by atoms with Crippen LogP contribution in [-0.2, 0) is 0 Å². The number of benzene rings is 1. The van der Waals surface area contributed by atoms with E-state index in [1.165, 1.54) is 18.3 Å². The van der Waals surface area contributed by atoms with Crippen LogP contribution in [0.25, 0.3) is 0 Å². The number of H-pyrrole nitrogens is 1. The van der Waals surface area contributed by atoms with E-state index in [-0.39, 0.29) is 5.56 Å². The molecule has 1 heterocycles. The summed E-state index contributed by atoms with van der Waals surface area (Å²) in [6.07, 6.45) is 1.43. The Morgan fingerprint density at radius 1 is 1.35 bits per heavy atom. The lowest BCUT2D eigenvalue weighted by Crippen LogP contribution is -2.21. The molecule has 1 aromatic carbocycles. The monoisotopic (exact) mass is 238 g/mol. The van der Waals surface area contributed by atoms with Gasteiger partial charge in [0.25, 0.3) is 0 Å².